The first-order valence-corrected chi connectivity index (χ1v) is 10.2. The largest absolute Gasteiger partial charge is 0.324 e. The van der Waals surface area contributed by atoms with Crippen molar-refractivity contribution in [2.45, 2.75) is 17.9 Å². The highest BCUT2D eigenvalue weighted by Gasteiger charge is 2.21. The maximum atomic E-state index is 12.5. The number of hydrogen-bond donors (Lipinski definition) is 2. The number of halogens is 2. The molecule has 0 bridgehead atoms. The molecular weight excluding hydrogens is 405 g/mol. The minimum Gasteiger partial charge on any atom is -0.324 e. The molecule has 1 unspecified atom stereocenters. The van der Waals surface area contributed by atoms with Crippen molar-refractivity contribution in [3.05, 3.63) is 52.5 Å². The molecule has 0 aromatic heterocycles. The number of hydrogen-bond acceptors (Lipinski definition) is 4. The van der Waals surface area contributed by atoms with Gasteiger partial charge in [-0.15, -0.1) is 11.8 Å². The third-order valence-electron chi connectivity index (χ3n) is 4.02. The second kappa shape index (κ2) is 9.99. The number of nitrogens with zero attached hydrogens (tertiary/aromatic N) is 1. The maximum absolute atomic E-state index is 12.5. The van der Waals surface area contributed by atoms with Crippen LogP contribution in [0.5, 0.6) is 0 Å². The molecule has 1 atom stereocenters. The Morgan fingerprint density at radius 1 is 1.07 bits per heavy atom. The van der Waals surface area contributed by atoms with Crippen LogP contribution in [0, 0.1) is 0 Å². The van der Waals surface area contributed by atoms with E-state index in [-0.39, 0.29) is 23.4 Å². The smallest absolute Gasteiger partial charge is 0.241 e. The van der Waals surface area contributed by atoms with E-state index >= 15 is 0 Å². The third-order valence-corrected chi connectivity index (χ3v) is 5.64. The van der Waals surface area contributed by atoms with Crippen molar-refractivity contribution in [3.8, 4) is 0 Å². The molecule has 0 aliphatic heterocycles. The Morgan fingerprint density at radius 2 is 1.74 bits per heavy atom. The number of carbonyl (C=O) groups excluding carboxylic acids is 2. The molecule has 0 fully saturated rings. The van der Waals surface area contributed by atoms with Gasteiger partial charge in [-0.3, -0.25) is 14.5 Å². The lowest BCUT2D eigenvalue weighted by atomic mass is 10.2. The Kier molecular flexibility index (Phi) is 7.98. The maximum Gasteiger partial charge on any atom is 0.241 e. The van der Waals surface area contributed by atoms with Gasteiger partial charge in [-0.1, -0.05) is 41.4 Å². The fourth-order valence-electron chi connectivity index (χ4n) is 2.34. The molecule has 2 amide bonds. The van der Waals surface area contributed by atoms with Gasteiger partial charge in [-0.25, -0.2) is 0 Å². The highest BCUT2D eigenvalue weighted by Crippen LogP contribution is 2.29. The van der Waals surface area contributed by atoms with Crippen LogP contribution in [-0.4, -0.2) is 42.6 Å². The van der Waals surface area contributed by atoms with Crippen molar-refractivity contribution in [1.82, 2.24) is 4.90 Å². The van der Waals surface area contributed by atoms with E-state index in [9.17, 15) is 9.59 Å². The molecule has 8 heteroatoms. The summed E-state index contributed by atoms with van der Waals surface area (Å²) in [6.07, 6.45) is 1.95. The second-order valence-electron chi connectivity index (χ2n) is 5.93. The van der Waals surface area contributed by atoms with Crippen molar-refractivity contribution in [1.29, 1.82) is 0 Å². The van der Waals surface area contributed by atoms with Gasteiger partial charge >= 0.3 is 0 Å². The van der Waals surface area contributed by atoms with Crippen LogP contribution >= 0.6 is 35.0 Å². The summed E-state index contributed by atoms with van der Waals surface area (Å²) in [5.41, 5.74) is 1.19. The molecule has 2 aromatic carbocycles. The summed E-state index contributed by atoms with van der Waals surface area (Å²) < 4.78 is 0. The van der Waals surface area contributed by atoms with Gasteiger partial charge in [0, 0.05) is 4.90 Å². The Morgan fingerprint density at radius 3 is 2.44 bits per heavy atom. The summed E-state index contributed by atoms with van der Waals surface area (Å²) in [5.74, 6) is -0.474. The molecule has 2 aromatic rings. The fraction of sp³-hybridized carbons (Fsp3) is 0.263. The molecule has 5 nitrogen and oxygen atoms in total. The minimum absolute atomic E-state index is 0.0700. The number of para-hydroxylation sites is 1. The van der Waals surface area contributed by atoms with Crippen molar-refractivity contribution >= 4 is 58.2 Å². The first kappa shape index (κ1) is 21.6. The zero-order valence-corrected chi connectivity index (χ0v) is 17.6. The van der Waals surface area contributed by atoms with E-state index in [2.05, 4.69) is 10.6 Å². The van der Waals surface area contributed by atoms with Gasteiger partial charge < -0.3 is 10.6 Å². The molecule has 27 heavy (non-hydrogen) atoms. The van der Waals surface area contributed by atoms with Crippen LogP contribution in [0.25, 0.3) is 0 Å². The lowest BCUT2D eigenvalue weighted by Crippen LogP contribution is -2.43. The molecule has 0 saturated heterocycles. The van der Waals surface area contributed by atoms with Crippen molar-refractivity contribution in [3.63, 3.8) is 0 Å². The molecule has 2 rings (SSSR count). The van der Waals surface area contributed by atoms with Gasteiger partial charge in [0.15, 0.2) is 0 Å². The van der Waals surface area contributed by atoms with Crippen LogP contribution in [0.2, 0.25) is 10.0 Å². The Balaban J connectivity index is 1.95. The number of thioether (sulfide) groups is 1. The summed E-state index contributed by atoms with van der Waals surface area (Å²) in [6.45, 7) is 1.79. The minimum atomic E-state index is -0.540. The SMILES string of the molecule is CSc1ccccc1NC(=O)CN(C)C(C)C(=O)Nc1cccc(Cl)c1Cl. The van der Waals surface area contributed by atoms with Crippen LogP contribution in [0.15, 0.2) is 47.4 Å². The topological polar surface area (TPSA) is 61.4 Å². The zero-order chi connectivity index (χ0) is 20.0. The van der Waals surface area contributed by atoms with Crippen LogP contribution < -0.4 is 10.6 Å². The van der Waals surface area contributed by atoms with Crippen LogP contribution in [0.4, 0.5) is 11.4 Å². The highest BCUT2D eigenvalue weighted by molar-refractivity contribution is 7.98. The van der Waals surface area contributed by atoms with Crippen LogP contribution in [0.3, 0.4) is 0 Å². The number of rotatable bonds is 7. The van der Waals surface area contributed by atoms with Crippen molar-refractivity contribution < 1.29 is 9.59 Å². The van der Waals surface area contributed by atoms with E-state index in [0.717, 1.165) is 10.6 Å². The quantitative estimate of drug-likeness (QED) is 0.635. The number of carbonyl (C=O) groups is 2. The van der Waals surface area contributed by atoms with Gasteiger partial charge in [0.1, 0.15) is 0 Å². The summed E-state index contributed by atoms with van der Waals surface area (Å²) in [4.78, 5) is 27.4. The second-order valence-corrected chi connectivity index (χ2v) is 7.56. The van der Waals surface area contributed by atoms with E-state index < -0.39 is 6.04 Å². The van der Waals surface area contributed by atoms with Crippen LogP contribution in [-0.2, 0) is 9.59 Å². The number of amides is 2. The van der Waals surface area contributed by atoms with Gasteiger partial charge in [-0.2, -0.15) is 0 Å². The van der Waals surface area contributed by atoms with Gasteiger partial charge in [0.05, 0.1) is 34.0 Å². The average Bonchev–Trinajstić information content (AvgIpc) is 2.65. The number of nitrogens with one attached hydrogen (secondary N) is 2. The summed E-state index contributed by atoms with van der Waals surface area (Å²) >= 11 is 13.6. The molecule has 2 N–H and O–H groups in total. The van der Waals surface area contributed by atoms with E-state index in [4.69, 9.17) is 23.2 Å². The van der Waals surface area contributed by atoms with Crippen molar-refractivity contribution in [2.75, 3.05) is 30.5 Å². The Hall–Kier alpha value is -1.73. The zero-order valence-electron chi connectivity index (χ0n) is 15.3. The summed E-state index contributed by atoms with van der Waals surface area (Å²) in [6, 6.07) is 12.0. The van der Waals surface area contributed by atoms with Gasteiger partial charge in [-0.05, 0) is 44.5 Å². The monoisotopic (exact) mass is 425 g/mol. The molecule has 0 saturated carbocycles. The lowest BCUT2D eigenvalue weighted by Gasteiger charge is -2.23. The van der Waals surface area contributed by atoms with E-state index in [1.165, 1.54) is 0 Å². The summed E-state index contributed by atoms with van der Waals surface area (Å²) in [5, 5.41) is 6.27. The van der Waals surface area contributed by atoms with E-state index in [1.54, 1.807) is 48.8 Å². The highest BCUT2D eigenvalue weighted by atomic mass is 35.5. The number of benzene rings is 2. The Labute approximate surface area is 173 Å². The number of anilines is 2. The normalized spacial score (nSPS) is 11.9. The first-order valence-electron chi connectivity index (χ1n) is 8.21. The average molecular weight is 426 g/mol. The van der Waals surface area contributed by atoms with E-state index in [0.29, 0.717) is 10.7 Å². The molecular formula is C19H21Cl2N3O2S. The molecule has 144 valence electrons. The molecule has 0 spiro atoms. The first-order chi connectivity index (χ1) is 12.8. The molecule has 0 aliphatic rings. The predicted octanol–water partition coefficient (Wildman–Crippen LogP) is 4.61. The van der Waals surface area contributed by atoms with Crippen molar-refractivity contribution in [2.24, 2.45) is 0 Å². The van der Waals surface area contributed by atoms with Gasteiger partial charge in [0.25, 0.3) is 0 Å². The molecule has 0 heterocycles. The van der Waals surface area contributed by atoms with Crippen LogP contribution in [0.1, 0.15) is 6.92 Å². The lowest BCUT2D eigenvalue weighted by molar-refractivity contribution is -0.122. The molecule has 0 aliphatic carbocycles. The summed E-state index contributed by atoms with van der Waals surface area (Å²) in [7, 11) is 1.71. The molecule has 0 radical (unpaired) electrons. The predicted molar refractivity (Wildman–Crippen MR) is 114 cm³/mol. The third kappa shape index (κ3) is 5.87. The van der Waals surface area contributed by atoms with E-state index in [1.807, 2.05) is 30.5 Å². The Bertz CT molecular complexity index is 832. The standard InChI is InChI=1S/C19H21Cl2N3O2S/c1-12(19(26)23-15-9-6-7-13(20)18(15)21)24(2)11-17(25)22-14-8-4-5-10-16(14)27-3/h4-10,12H,11H2,1-3H3,(H,22,25)(H,23,26). The van der Waals surface area contributed by atoms with Gasteiger partial charge in [0.2, 0.25) is 11.8 Å². The number of likely N-dealkylation sites (N-methyl/N-ethyl adjacent to an activating group) is 1. The fourth-order valence-corrected chi connectivity index (χ4v) is 3.24.